The fraction of sp³-hybridized carbons (Fsp3) is 0.273. The maximum atomic E-state index is 12.2. The monoisotopic (exact) mass is 392 g/mol. The van der Waals surface area contributed by atoms with E-state index in [2.05, 4.69) is 62.6 Å². The van der Waals surface area contributed by atoms with E-state index in [-0.39, 0.29) is 5.91 Å². The molecule has 6 heteroatoms. The van der Waals surface area contributed by atoms with Gasteiger partial charge in [0, 0.05) is 49.5 Å². The lowest BCUT2D eigenvalue weighted by atomic mass is 10.2. The van der Waals surface area contributed by atoms with Crippen LogP contribution in [0.15, 0.2) is 60.0 Å². The van der Waals surface area contributed by atoms with E-state index in [4.69, 9.17) is 0 Å². The highest BCUT2D eigenvalue weighted by molar-refractivity contribution is 7.09. The molecule has 1 aliphatic rings. The third kappa shape index (κ3) is 4.58. The summed E-state index contributed by atoms with van der Waals surface area (Å²) in [5.74, 6) is -0.161. The summed E-state index contributed by atoms with van der Waals surface area (Å²) in [6.45, 7) is 7.03. The van der Waals surface area contributed by atoms with E-state index in [1.54, 1.807) is 5.38 Å². The van der Waals surface area contributed by atoms with Gasteiger partial charge >= 0.3 is 0 Å². The molecular weight excluding hydrogens is 368 g/mol. The Balaban J connectivity index is 1.30. The molecule has 28 heavy (non-hydrogen) atoms. The standard InChI is InChI=1S/C22H24N4OS/c1-17-23-21(16-28-17)22(27)24-19-7-9-20(10-8-19)26-13-11-25(12-14-26)15-18-5-3-2-4-6-18/h2-10,16H,11-15H2,1H3,(H,24,27). The molecule has 0 spiro atoms. The number of thiazole rings is 1. The number of nitrogens with zero attached hydrogens (tertiary/aromatic N) is 3. The lowest BCUT2D eigenvalue weighted by molar-refractivity contribution is 0.102. The number of carbonyl (C=O) groups excluding carboxylic acids is 1. The molecule has 0 saturated carbocycles. The van der Waals surface area contributed by atoms with Gasteiger partial charge in [-0.25, -0.2) is 4.98 Å². The predicted octanol–water partition coefficient (Wildman–Crippen LogP) is 4.03. The highest BCUT2D eigenvalue weighted by Crippen LogP contribution is 2.21. The predicted molar refractivity (Wildman–Crippen MR) is 115 cm³/mol. The number of rotatable bonds is 5. The number of anilines is 2. The molecule has 2 aromatic carbocycles. The highest BCUT2D eigenvalue weighted by Gasteiger charge is 2.17. The van der Waals surface area contributed by atoms with Gasteiger partial charge in [0.2, 0.25) is 0 Å². The van der Waals surface area contributed by atoms with E-state index in [1.165, 1.54) is 22.6 Å². The zero-order chi connectivity index (χ0) is 19.3. The molecule has 0 radical (unpaired) electrons. The maximum Gasteiger partial charge on any atom is 0.275 e. The van der Waals surface area contributed by atoms with Crippen LogP contribution in [0.5, 0.6) is 0 Å². The molecule has 0 bridgehead atoms. The Kier molecular flexibility index (Phi) is 5.69. The number of piperazine rings is 1. The van der Waals surface area contributed by atoms with E-state index in [0.717, 1.165) is 43.4 Å². The molecule has 0 aliphatic carbocycles. The molecule has 1 saturated heterocycles. The summed E-state index contributed by atoms with van der Waals surface area (Å²) in [5, 5.41) is 5.60. The SMILES string of the molecule is Cc1nc(C(=O)Nc2ccc(N3CCN(Cc4ccccc4)CC3)cc2)cs1. The summed E-state index contributed by atoms with van der Waals surface area (Å²) in [4.78, 5) is 21.3. The van der Waals surface area contributed by atoms with Gasteiger partial charge in [-0.2, -0.15) is 0 Å². The lowest BCUT2D eigenvalue weighted by Gasteiger charge is -2.36. The van der Waals surface area contributed by atoms with Crippen LogP contribution in [-0.4, -0.2) is 42.0 Å². The smallest absolute Gasteiger partial charge is 0.275 e. The third-order valence-corrected chi connectivity index (χ3v) is 5.74. The molecule has 3 aromatic rings. The second-order valence-corrected chi connectivity index (χ2v) is 8.06. The van der Waals surface area contributed by atoms with Gasteiger partial charge in [-0.15, -0.1) is 11.3 Å². The van der Waals surface area contributed by atoms with Crippen molar-refractivity contribution in [3.05, 3.63) is 76.2 Å². The van der Waals surface area contributed by atoms with E-state index in [9.17, 15) is 4.79 Å². The quantitative estimate of drug-likeness (QED) is 0.712. The zero-order valence-corrected chi connectivity index (χ0v) is 16.8. The van der Waals surface area contributed by atoms with Crippen LogP contribution in [0.1, 0.15) is 21.1 Å². The second kappa shape index (κ2) is 8.54. The number of hydrogen-bond acceptors (Lipinski definition) is 5. The van der Waals surface area contributed by atoms with Crippen LogP contribution in [0.2, 0.25) is 0 Å². The summed E-state index contributed by atoms with van der Waals surface area (Å²) >= 11 is 1.48. The molecule has 144 valence electrons. The van der Waals surface area contributed by atoms with E-state index in [0.29, 0.717) is 5.69 Å². The third-order valence-electron chi connectivity index (χ3n) is 4.96. The fourth-order valence-corrected chi connectivity index (χ4v) is 4.02. The van der Waals surface area contributed by atoms with E-state index < -0.39 is 0 Å². The Bertz CT molecular complexity index is 915. The highest BCUT2D eigenvalue weighted by atomic mass is 32.1. The first kappa shape index (κ1) is 18.7. The normalized spacial score (nSPS) is 14.8. The average molecular weight is 393 g/mol. The molecule has 1 amide bonds. The number of aromatic nitrogens is 1. The van der Waals surface area contributed by atoms with Crippen molar-refractivity contribution < 1.29 is 4.79 Å². The van der Waals surface area contributed by atoms with E-state index in [1.807, 2.05) is 19.1 Å². The minimum atomic E-state index is -0.161. The van der Waals surface area contributed by atoms with Crippen LogP contribution in [0.25, 0.3) is 0 Å². The first-order chi connectivity index (χ1) is 13.7. The van der Waals surface area contributed by atoms with Gasteiger partial charge in [-0.3, -0.25) is 9.69 Å². The maximum absolute atomic E-state index is 12.2. The van der Waals surface area contributed by atoms with Crippen LogP contribution in [0.3, 0.4) is 0 Å². The summed E-state index contributed by atoms with van der Waals surface area (Å²) in [6, 6.07) is 18.7. The largest absolute Gasteiger partial charge is 0.369 e. The molecular formula is C22H24N4OS. The number of aryl methyl sites for hydroxylation is 1. The first-order valence-electron chi connectivity index (χ1n) is 9.52. The molecule has 5 nitrogen and oxygen atoms in total. The van der Waals surface area contributed by atoms with Gasteiger partial charge in [0.1, 0.15) is 5.69 Å². The second-order valence-electron chi connectivity index (χ2n) is 7.00. The summed E-state index contributed by atoms with van der Waals surface area (Å²) in [6.07, 6.45) is 0. The Morgan fingerprint density at radius 3 is 2.39 bits per heavy atom. The van der Waals surface area contributed by atoms with Gasteiger partial charge < -0.3 is 10.2 Å². The minimum Gasteiger partial charge on any atom is -0.369 e. The Morgan fingerprint density at radius 1 is 1.04 bits per heavy atom. The van der Waals surface area contributed by atoms with Crippen molar-refractivity contribution in [2.45, 2.75) is 13.5 Å². The number of carbonyl (C=O) groups is 1. The van der Waals surface area contributed by atoms with Gasteiger partial charge in [0.15, 0.2) is 0 Å². The van der Waals surface area contributed by atoms with Crippen LogP contribution in [0, 0.1) is 6.92 Å². The summed E-state index contributed by atoms with van der Waals surface area (Å²) in [7, 11) is 0. The van der Waals surface area contributed by atoms with Crippen molar-refractivity contribution >= 4 is 28.6 Å². The Morgan fingerprint density at radius 2 is 1.75 bits per heavy atom. The minimum absolute atomic E-state index is 0.161. The number of hydrogen-bond donors (Lipinski definition) is 1. The molecule has 1 fully saturated rings. The molecule has 1 aliphatic heterocycles. The van der Waals surface area contributed by atoms with E-state index >= 15 is 0 Å². The number of nitrogens with one attached hydrogen (secondary N) is 1. The first-order valence-corrected chi connectivity index (χ1v) is 10.4. The Hall–Kier alpha value is -2.70. The lowest BCUT2D eigenvalue weighted by Crippen LogP contribution is -2.45. The van der Waals surface area contributed by atoms with Crippen molar-refractivity contribution in [3.63, 3.8) is 0 Å². The van der Waals surface area contributed by atoms with Crippen LogP contribution in [-0.2, 0) is 6.54 Å². The van der Waals surface area contributed by atoms with Crippen molar-refractivity contribution in [3.8, 4) is 0 Å². The van der Waals surface area contributed by atoms with Gasteiger partial charge in [-0.05, 0) is 36.8 Å². The molecule has 1 N–H and O–H groups in total. The fourth-order valence-electron chi connectivity index (χ4n) is 3.42. The number of amides is 1. The van der Waals surface area contributed by atoms with Gasteiger partial charge in [0.25, 0.3) is 5.91 Å². The Labute approximate surface area is 169 Å². The van der Waals surface area contributed by atoms with Crippen LogP contribution < -0.4 is 10.2 Å². The average Bonchev–Trinajstić information content (AvgIpc) is 3.17. The molecule has 4 rings (SSSR count). The summed E-state index contributed by atoms with van der Waals surface area (Å²) in [5.41, 5.74) is 3.83. The van der Waals surface area contributed by atoms with Gasteiger partial charge in [-0.1, -0.05) is 30.3 Å². The number of benzene rings is 2. The van der Waals surface area contributed by atoms with Crippen LogP contribution >= 0.6 is 11.3 Å². The molecule has 0 atom stereocenters. The molecule has 2 heterocycles. The van der Waals surface area contributed by atoms with Crippen molar-refractivity contribution in [1.82, 2.24) is 9.88 Å². The zero-order valence-electron chi connectivity index (χ0n) is 16.0. The topological polar surface area (TPSA) is 48.5 Å². The van der Waals surface area contributed by atoms with Gasteiger partial charge in [0.05, 0.1) is 5.01 Å². The van der Waals surface area contributed by atoms with Crippen molar-refractivity contribution in [1.29, 1.82) is 0 Å². The van der Waals surface area contributed by atoms with Crippen LogP contribution in [0.4, 0.5) is 11.4 Å². The van der Waals surface area contributed by atoms with Crippen molar-refractivity contribution in [2.24, 2.45) is 0 Å². The van der Waals surface area contributed by atoms with Crippen molar-refractivity contribution in [2.75, 3.05) is 36.4 Å². The molecule has 1 aromatic heterocycles. The molecule has 0 unspecified atom stereocenters. The summed E-state index contributed by atoms with van der Waals surface area (Å²) < 4.78 is 0.